The third kappa shape index (κ3) is 1.17. The second-order valence-electron chi connectivity index (χ2n) is 4.47. The van der Waals surface area contributed by atoms with Gasteiger partial charge in [-0.25, -0.2) is 4.98 Å². The summed E-state index contributed by atoms with van der Waals surface area (Å²) in [5, 5.41) is 0.721. The predicted molar refractivity (Wildman–Crippen MR) is 58.5 cm³/mol. The number of piperidine rings is 1. The third-order valence-electron chi connectivity index (χ3n) is 3.61. The number of rotatable bonds is 1. The van der Waals surface area contributed by atoms with E-state index in [0.29, 0.717) is 5.41 Å². The molecule has 0 aliphatic carbocycles. The van der Waals surface area contributed by atoms with E-state index in [4.69, 9.17) is 5.73 Å². The van der Waals surface area contributed by atoms with E-state index in [1.54, 1.807) is 11.3 Å². The first-order valence-corrected chi connectivity index (χ1v) is 6.04. The van der Waals surface area contributed by atoms with E-state index in [-0.39, 0.29) is 0 Å². The molecule has 2 saturated heterocycles. The maximum absolute atomic E-state index is 5.71. The Bertz CT molecular complexity index is 345. The Morgan fingerprint density at radius 2 is 2.36 bits per heavy atom. The van der Waals surface area contributed by atoms with Crippen molar-refractivity contribution in [2.45, 2.75) is 24.7 Å². The molecule has 2 N–H and O–H groups in total. The Morgan fingerprint density at radius 1 is 1.43 bits per heavy atom. The summed E-state index contributed by atoms with van der Waals surface area (Å²) >= 11 is 1.68. The molecular formula is C10H15N3S. The van der Waals surface area contributed by atoms with E-state index in [9.17, 15) is 0 Å². The van der Waals surface area contributed by atoms with Crippen LogP contribution in [0, 0.1) is 0 Å². The predicted octanol–water partition coefficient (Wildman–Crippen LogP) is 1.46. The molecule has 14 heavy (non-hydrogen) atoms. The molecule has 3 heterocycles. The van der Waals surface area contributed by atoms with Crippen molar-refractivity contribution >= 4 is 16.5 Å². The topological polar surface area (TPSA) is 42.1 Å². The molecule has 2 bridgehead atoms. The van der Waals surface area contributed by atoms with Gasteiger partial charge in [-0.2, -0.15) is 0 Å². The van der Waals surface area contributed by atoms with E-state index in [1.807, 2.05) is 6.20 Å². The lowest BCUT2D eigenvalue weighted by molar-refractivity contribution is 0.245. The van der Waals surface area contributed by atoms with Gasteiger partial charge in [0.2, 0.25) is 0 Å². The molecule has 3 rings (SSSR count). The molecule has 2 aliphatic rings. The lowest BCUT2D eigenvalue weighted by atomic mass is 9.80. The smallest absolute Gasteiger partial charge is 0.180 e. The van der Waals surface area contributed by atoms with Gasteiger partial charge in [-0.3, -0.25) is 0 Å². The first-order chi connectivity index (χ1) is 6.78. The lowest BCUT2D eigenvalue weighted by Gasteiger charge is -2.32. The molecule has 1 aromatic rings. The third-order valence-corrected chi connectivity index (χ3v) is 4.68. The summed E-state index contributed by atoms with van der Waals surface area (Å²) in [6.07, 6.45) is 5.95. The molecular weight excluding hydrogens is 194 g/mol. The van der Waals surface area contributed by atoms with Crippen LogP contribution in [0.1, 0.15) is 24.1 Å². The largest absolute Gasteiger partial charge is 0.375 e. The molecule has 1 aromatic heterocycles. The van der Waals surface area contributed by atoms with Crippen molar-refractivity contribution in [3.8, 4) is 0 Å². The van der Waals surface area contributed by atoms with E-state index in [1.165, 1.54) is 43.8 Å². The van der Waals surface area contributed by atoms with Gasteiger partial charge >= 0.3 is 0 Å². The van der Waals surface area contributed by atoms with E-state index in [2.05, 4.69) is 9.88 Å². The van der Waals surface area contributed by atoms with Crippen LogP contribution >= 0.6 is 11.3 Å². The number of nitrogens with zero attached hydrogens (tertiary/aromatic N) is 2. The highest BCUT2D eigenvalue weighted by molar-refractivity contribution is 7.15. The summed E-state index contributed by atoms with van der Waals surface area (Å²) in [6.45, 7) is 3.78. The minimum Gasteiger partial charge on any atom is -0.375 e. The van der Waals surface area contributed by atoms with Gasteiger partial charge in [-0.1, -0.05) is 0 Å². The first kappa shape index (κ1) is 8.68. The van der Waals surface area contributed by atoms with Crippen LogP contribution in [0.25, 0.3) is 0 Å². The number of thiazole rings is 1. The number of nitrogens with two attached hydrogens (primary N) is 1. The van der Waals surface area contributed by atoms with E-state index >= 15 is 0 Å². The molecule has 2 fully saturated rings. The van der Waals surface area contributed by atoms with Crippen LogP contribution in [0.3, 0.4) is 0 Å². The summed E-state index contributed by atoms with van der Waals surface area (Å²) in [5.74, 6) is 0. The Morgan fingerprint density at radius 3 is 3.14 bits per heavy atom. The molecule has 2 unspecified atom stereocenters. The van der Waals surface area contributed by atoms with E-state index < -0.39 is 0 Å². The van der Waals surface area contributed by atoms with Crippen LogP contribution in [-0.2, 0) is 5.41 Å². The summed E-state index contributed by atoms with van der Waals surface area (Å²) in [4.78, 5) is 8.16. The highest BCUT2D eigenvalue weighted by atomic mass is 32.1. The molecule has 76 valence electrons. The Hall–Kier alpha value is -0.610. The zero-order valence-electron chi connectivity index (χ0n) is 8.20. The number of nitrogen functional groups attached to an aromatic ring is 1. The van der Waals surface area contributed by atoms with Gasteiger partial charge in [0.1, 0.15) is 0 Å². The zero-order valence-corrected chi connectivity index (χ0v) is 9.02. The normalized spacial score (nSPS) is 36.1. The van der Waals surface area contributed by atoms with Crippen molar-refractivity contribution in [2.75, 3.05) is 25.4 Å². The van der Waals surface area contributed by atoms with Gasteiger partial charge in [0.15, 0.2) is 5.13 Å². The fourth-order valence-corrected chi connectivity index (χ4v) is 3.77. The molecule has 0 spiro atoms. The second-order valence-corrected chi connectivity index (χ2v) is 5.54. The SMILES string of the molecule is Nc1ncc(C23CCCN(CC2)C3)s1. The standard InChI is InChI=1S/C10H15N3S/c11-9-12-6-8(14-9)10-2-1-4-13(7-10)5-3-10/h6H,1-5,7H2,(H2,11,12). The number of hydrogen-bond donors (Lipinski definition) is 1. The van der Waals surface area contributed by atoms with Crippen molar-refractivity contribution in [3.05, 3.63) is 11.1 Å². The average molecular weight is 209 g/mol. The summed E-state index contributed by atoms with van der Waals surface area (Å²) in [5.41, 5.74) is 6.12. The van der Waals surface area contributed by atoms with Crippen LogP contribution in [0.4, 0.5) is 5.13 Å². The molecule has 2 atom stereocenters. The monoisotopic (exact) mass is 209 g/mol. The average Bonchev–Trinajstić information content (AvgIpc) is 2.73. The number of anilines is 1. The summed E-state index contributed by atoms with van der Waals surface area (Å²) in [7, 11) is 0. The maximum atomic E-state index is 5.71. The quantitative estimate of drug-likeness (QED) is 0.761. The number of hydrogen-bond acceptors (Lipinski definition) is 4. The van der Waals surface area contributed by atoms with Gasteiger partial charge in [0.05, 0.1) is 0 Å². The molecule has 0 radical (unpaired) electrons. The van der Waals surface area contributed by atoms with Crippen LogP contribution < -0.4 is 5.73 Å². The Kier molecular flexibility index (Phi) is 1.82. The van der Waals surface area contributed by atoms with E-state index in [0.717, 1.165) is 5.13 Å². The Labute approximate surface area is 87.9 Å². The van der Waals surface area contributed by atoms with Crippen molar-refractivity contribution in [2.24, 2.45) is 0 Å². The van der Waals surface area contributed by atoms with Crippen molar-refractivity contribution in [1.82, 2.24) is 9.88 Å². The summed E-state index contributed by atoms with van der Waals surface area (Å²) in [6, 6.07) is 0. The molecule has 0 amide bonds. The van der Waals surface area contributed by atoms with Crippen LogP contribution in [-0.4, -0.2) is 29.5 Å². The van der Waals surface area contributed by atoms with Gasteiger partial charge < -0.3 is 10.6 Å². The van der Waals surface area contributed by atoms with Crippen LogP contribution in [0.5, 0.6) is 0 Å². The number of fused-ring (bicyclic) bond motifs is 2. The molecule has 2 aliphatic heterocycles. The minimum atomic E-state index is 0.410. The minimum absolute atomic E-state index is 0.410. The Balaban J connectivity index is 1.96. The van der Waals surface area contributed by atoms with Crippen LogP contribution in [0.2, 0.25) is 0 Å². The molecule has 0 saturated carbocycles. The number of aromatic nitrogens is 1. The molecule has 0 aromatic carbocycles. The molecule has 3 nitrogen and oxygen atoms in total. The van der Waals surface area contributed by atoms with Gasteiger partial charge in [-0.15, -0.1) is 11.3 Å². The van der Waals surface area contributed by atoms with Crippen molar-refractivity contribution in [1.29, 1.82) is 0 Å². The highest BCUT2D eigenvalue weighted by Crippen LogP contribution is 2.44. The maximum Gasteiger partial charge on any atom is 0.180 e. The van der Waals surface area contributed by atoms with Crippen molar-refractivity contribution in [3.63, 3.8) is 0 Å². The zero-order chi connectivity index (χ0) is 9.60. The van der Waals surface area contributed by atoms with Gasteiger partial charge in [-0.05, 0) is 32.4 Å². The first-order valence-electron chi connectivity index (χ1n) is 5.23. The fourth-order valence-electron chi connectivity index (χ4n) is 2.85. The van der Waals surface area contributed by atoms with Gasteiger partial charge in [0.25, 0.3) is 0 Å². The highest BCUT2D eigenvalue weighted by Gasteiger charge is 2.43. The van der Waals surface area contributed by atoms with Crippen molar-refractivity contribution < 1.29 is 0 Å². The second kappa shape index (κ2) is 2.94. The van der Waals surface area contributed by atoms with Gasteiger partial charge in [0, 0.05) is 23.0 Å². The summed E-state index contributed by atoms with van der Waals surface area (Å²) < 4.78 is 0. The fraction of sp³-hybridized carbons (Fsp3) is 0.700. The molecule has 4 heteroatoms. The lowest BCUT2D eigenvalue weighted by Crippen LogP contribution is -2.36. The van der Waals surface area contributed by atoms with Crippen LogP contribution in [0.15, 0.2) is 6.20 Å².